The van der Waals surface area contributed by atoms with Gasteiger partial charge in [-0.05, 0) is 31.5 Å². The number of anilines is 3. The van der Waals surface area contributed by atoms with Crippen LogP contribution in [-0.4, -0.2) is 89.5 Å². The summed E-state index contributed by atoms with van der Waals surface area (Å²) in [5, 5.41) is 6.73. The van der Waals surface area contributed by atoms with E-state index in [1.54, 1.807) is 43.0 Å². The second-order valence-electron chi connectivity index (χ2n) is 8.94. The standard InChI is InChI=1S/C26H31N7O5S2/c1-15-10-19(37-4)18(25(36)33-8-6-32(7-9-33)17(3)34)11-20(15)39-24-14-28-26(40-24)31-22-12-21(29-16(2)30-22)27-13-23(35)38-5/h10-12,14H,6-9,13H2,1-5H3,(H2,27,28,29,30,31). The molecule has 2 N–H and O–H groups in total. The Balaban J connectivity index is 1.47. The van der Waals surface area contributed by atoms with E-state index in [0.717, 1.165) is 14.7 Å². The van der Waals surface area contributed by atoms with E-state index in [9.17, 15) is 14.4 Å². The number of hydrogen-bond donors (Lipinski definition) is 2. The van der Waals surface area contributed by atoms with E-state index in [1.807, 2.05) is 19.1 Å². The highest BCUT2D eigenvalue weighted by atomic mass is 32.2. The van der Waals surface area contributed by atoms with E-state index in [1.165, 1.54) is 30.2 Å². The van der Waals surface area contributed by atoms with Gasteiger partial charge in [-0.2, -0.15) is 0 Å². The number of benzene rings is 1. The summed E-state index contributed by atoms with van der Waals surface area (Å²) in [5.74, 6) is 1.55. The van der Waals surface area contributed by atoms with Crippen LogP contribution in [0, 0.1) is 13.8 Å². The lowest BCUT2D eigenvalue weighted by molar-refractivity contribution is -0.138. The lowest BCUT2D eigenvalue weighted by Gasteiger charge is -2.34. The van der Waals surface area contributed by atoms with Gasteiger partial charge in [0.15, 0.2) is 5.13 Å². The summed E-state index contributed by atoms with van der Waals surface area (Å²) in [4.78, 5) is 54.1. The maximum atomic E-state index is 13.4. The van der Waals surface area contributed by atoms with Gasteiger partial charge < -0.3 is 29.9 Å². The molecule has 1 aliphatic rings. The molecular formula is C26H31N7O5S2. The van der Waals surface area contributed by atoms with Crippen LogP contribution in [0.15, 0.2) is 33.5 Å². The second kappa shape index (κ2) is 13.0. The fourth-order valence-corrected chi connectivity index (χ4v) is 5.99. The van der Waals surface area contributed by atoms with Gasteiger partial charge >= 0.3 is 5.97 Å². The highest BCUT2D eigenvalue weighted by Crippen LogP contribution is 2.39. The second-order valence-corrected chi connectivity index (χ2v) is 11.3. The monoisotopic (exact) mass is 585 g/mol. The number of amides is 2. The van der Waals surface area contributed by atoms with Crippen LogP contribution in [0.3, 0.4) is 0 Å². The molecule has 212 valence electrons. The van der Waals surface area contributed by atoms with Crippen molar-refractivity contribution < 1.29 is 23.9 Å². The molecule has 1 saturated heterocycles. The van der Waals surface area contributed by atoms with Gasteiger partial charge in [-0.15, -0.1) is 0 Å². The van der Waals surface area contributed by atoms with Gasteiger partial charge in [0.1, 0.15) is 29.8 Å². The number of carbonyl (C=O) groups excluding carboxylic acids is 3. The van der Waals surface area contributed by atoms with Crippen LogP contribution in [0.1, 0.15) is 28.7 Å². The van der Waals surface area contributed by atoms with Crippen molar-refractivity contribution in [2.45, 2.75) is 29.9 Å². The predicted octanol–water partition coefficient (Wildman–Crippen LogP) is 3.34. The number of esters is 1. The van der Waals surface area contributed by atoms with Crippen molar-refractivity contribution >= 4 is 57.6 Å². The van der Waals surface area contributed by atoms with Crippen LogP contribution in [0.5, 0.6) is 5.75 Å². The maximum Gasteiger partial charge on any atom is 0.325 e. The summed E-state index contributed by atoms with van der Waals surface area (Å²) in [5.41, 5.74) is 1.45. The average Bonchev–Trinajstić information content (AvgIpc) is 3.38. The number of rotatable bonds is 9. The molecule has 3 heterocycles. The molecule has 14 heteroatoms. The Morgan fingerprint density at radius 3 is 2.40 bits per heavy atom. The quantitative estimate of drug-likeness (QED) is 0.358. The summed E-state index contributed by atoms with van der Waals surface area (Å²) >= 11 is 2.95. The first-order chi connectivity index (χ1) is 19.2. The Labute approximate surface area is 240 Å². The molecule has 4 rings (SSSR count). The number of carbonyl (C=O) groups is 3. The van der Waals surface area contributed by atoms with Gasteiger partial charge in [-0.3, -0.25) is 14.4 Å². The summed E-state index contributed by atoms with van der Waals surface area (Å²) in [6, 6.07) is 5.42. The lowest BCUT2D eigenvalue weighted by atomic mass is 10.1. The molecule has 3 aromatic rings. The van der Waals surface area contributed by atoms with Crippen molar-refractivity contribution in [3.63, 3.8) is 0 Å². The molecule has 0 bridgehead atoms. The molecule has 1 fully saturated rings. The van der Waals surface area contributed by atoms with E-state index in [0.29, 0.717) is 60.1 Å². The number of ether oxygens (including phenoxy) is 2. The number of methoxy groups -OCH3 is 2. The number of nitrogens with zero attached hydrogens (tertiary/aromatic N) is 5. The minimum Gasteiger partial charge on any atom is -0.496 e. The van der Waals surface area contributed by atoms with Crippen molar-refractivity contribution in [3.05, 3.63) is 41.3 Å². The number of aromatic nitrogens is 3. The van der Waals surface area contributed by atoms with Gasteiger partial charge in [0.05, 0.1) is 30.2 Å². The third kappa shape index (κ3) is 7.18. The van der Waals surface area contributed by atoms with Gasteiger partial charge in [-0.1, -0.05) is 23.1 Å². The van der Waals surface area contributed by atoms with Crippen LogP contribution < -0.4 is 15.4 Å². The third-order valence-corrected chi connectivity index (χ3v) is 8.32. The molecule has 0 atom stereocenters. The zero-order chi connectivity index (χ0) is 28.8. The van der Waals surface area contributed by atoms with E-state index < -0.39 is 5.97 Å². The molecule has 0 spiro atoms. The number of aryl methyl sites for hydroxylation is 2. The summed E-state index contributed by atoms with van der Waals surface area (Å²) in [7, 11) is 2.88. The van der Waals surface area contributed by atoms with Crippen LogP contribution in [0.25, 0.3) is 0 Å². The zero-order valence-electron chi connectivity index (χ0n) is 22.9. The molecule has 2 amide bonds. The highest BCUT2D eigenvalue weighted by molar-refractivity contribution is 8.01. The topological polar surface area (TPSA) is 139 Å². The maximum absolute atomic E-state index is 13.4. The van der Waals surface area contributed by atoms with E-state index in [4.69, 9.17) is 4.74 Å². The van der Waals surface area contributed by atoms with Crippen LogP contribution in [0.2, 0.25) is 0 Å². The molecule has 0 unspecified atom stereocenters. The van der Waals surface area contributed by atoms with Crippen LogP contribution >= 0.6 is 23.1 Å². The van der Waals surface area contributed by atoms with Gasteiger partial charge in [0, 0.05) is 44.1 Å². The highest BCUT2D eigenvalue weighted by Gasteiger charge is 2.26. The molecule has 0 saturated carbocycles. The molecule has 1 aromatic carbocycles. The van der Waals surface area contributed by atoms with Gasteiger partial charge in [0.2, 0.25) is 5.91 Å². The van der Waals surface area contributed by atoms with Gasteiger partial charge in [0.25, 0.3) is 5.91 Å². The fourth-order valence-electron chi connectivity index (χ4n) is 4.04. The first-order valence-electron chi connectivity index (χ1n) is 12.5. The summed E-state index contributed by atoms with van der Waals surface area (Å²) in [6.07, 6.45) is 1.76. The average molecular weight is 586 g/mol. The minimum atomic E-state index is -0.401. The molecule has 2 aromatic heterocycles. The SMILES string of the molecule is COC(=O)CNc1cc(Nc2ncc(Sc3cc(C(=O)N4CCN(C(C)=O)CC4)c(OC)cc3C)s2)nc(C)n1. The number of nitrogens with one attached hydrogen (secondary N) is 2. The molecule has 0 radical (unpaired) electrons. The van der Waals surface area contributed by atoms with Crippen molar-refractivity contribution in [2.24, 2.45) is 0 Å². The van der Waals surface area contributed by atoms with Crippen LogP contribution in [-0.2, 0) is 14.3 Å². The molecule has 0 aliphatic carbocycles. The third-order valence-electron chi connectivity index (χ3n) is 6.15. The Bertz CT molecular complexity index is 1410. The van der Waals surface area contributed by atoms with Crippen molar-refractivity contribution in [1.82, 2.24) is 24.8 Å². The Morgan fingerprint density at radius 1 is 1.02 bits per heavy atom. The lowest BCUT2D eigenvalue weighted by Crippen LogP contribution is -2.50. The Kier molecular flexibility index (Phi) is 9.42. The van der Waals surface area contributed by atoms with Crippen molar-refractivity contribution in [1.29, 1.82) is 0 Å². The van der Waals surface area contributed by atoms with E-state index >= 15 is 0 Å². The predicted molar refractivity (Wildman–Crippen MR) is 153 cm³/mol. The fraction of sp³-hybridized carbons (Fsp3) is 0.385. The smallest absolute Gasteiger partial charge is 0.325 e. The number of hydrogen-bond acceptors (Lipinski definition) is 12. The zero-order valence-corrected chi connectivity index (χ0v) is 24.6. The normalized spacial score (nSPS) is 13.1. The minimum absolute atomic E-state index is 0.00917. The first-order valence-corrected chi connectivity index (χ1v) is 14.1. The molecule has 12 nitrogen and oxygen atoms in total. The largest absolute Gasteiger partial charge is 0.496 e. The van der Waals surface area contributed by atoms with Gasteiger partial charge in [-0.25, -0.2) is 15.0 Å². The summed E-state index contributed by atoms with van der Waals surface area (Å²) < 4.78 is 11.1. The van der Waals surface area contributed by atoms with Crippen LogP contribution in [0.4, 0.5) is 16.8 Å². The molecular weight excluding hydrogens is 554 g/mol. The van der Waals surface area contributed by atoms with Crippen molar-refractivity contribution in [2.75, 3.05) is 57.6 Å². The molecule has 40 heavy (non-hydrogen) atoms. The van der Waals surface area contributed by atoms with E-state index in [2.05, 4.69) is 30.3 Å². The summed E-state index contributed by atoms with van der Waals surface area (Å²) in [6.45, 7) is 7.24. The van der Waals surface area contributed by atoms with Crippen molar-refractivity contribution in [3.8, 4) is 5.75 Å². The Hall–Kier alpha value is -3.91. The molecule has 1 aliphatic heterocycles. The Morgan fingerprint density at radius 2 is 1.73 bits per heavy atom. The first kappa shape index (κ1) is 29.1. The van der Waals surface area contributed by atoms with E-state index in [-0.39, 0.29) is 18.4 Å². The number of piperazine rings is 1. The number of thiazole rings is 1.